The summed E-state index contributed by atoms with van der Waals surface area (Å²) in [6.45, 7) is 7.53. The SMILES string of the molecule is CC/C=C\C/C=C\C/C=C\C/C=C\C/C=C\CC(=O)OC(COCCCCCCCC/C=C\CCCC)COC(=O)CCCCCCCCCCC/C=C\C/C=C\CCCCC. The quantitative estimate of drug-likeness (QED) is 0.0347. The van der Waals surface area contributed by atoms with Crippen LogP contribution >= 0.6 is 0 Å². The molecule has 5 nitrogen and oxygen atoms in total. The van der Waals surface area contributed by atoms with Crippen molar-refractivity contribution in [3.8, 4) is 0 Å². The van der Waals surface area contributed by atoms with Crippen molar-refractivity contribution in [2.24, 2.45) is 0 Å². The van der Waals surface area contributed by atoms with Crippen molar-refractivity contribution >= 4 is 11.9 Å². The maximum atomic E-state index is 12.7. The van der Waals surface area contributed by atoms with Crippen LogP contribution in [-0.4, -0.2) is 37.9 Å². The average molecular weight is 861 g/mol. The monoisotopic (exact) mass is 861 g/mol. The Morgan fingerprint density at radius 2 is 0.790 bits per heavy atom. The molecular weight excluding hydrogens is 765 g/mol. The van der Waals surface area contributed by atoms with Crippen LogP contribution in [0.3, 0.4) is 0 Å². The number of esters is 2. The number of ether oxygens (including phenoxy) is 3. The molecule has 1 atom stereocenters. The number of hydrogen-bond donors (Lipinski definition) is 0. The lowest BCUT2D eigenvalue weighted by Gasteiger charge is -2.18. The number of carbonyl (C=O) groups excluding carboxylic acids is 2. The Bertz CT molecular complexity index is 1200. The zero-order valence-electron chi connectivity index (χ0n) is 40.6. The molecule has 0 aliphatic carbocycles. The van der Waals surface area contributed by atoms with E-state index in [1.165, 1.54) is 122 Å². The Morgan fingerprint density at radius 1 is 0.387 bits per heavy atom. The highest BCUT2D eigenvalue weighted by Gasteiger charge is 2.17. The third-order valence-electron chi connectivity index (χ3n) is 10.6. The van der Waals surface area contributed by atoms with E-state index in [0.717, 1.165) is 70.6 Å². The van der Waals surface area contributed by atoms with E-state index < -0.39 is 6.10 Å². The van der Waals surface area contributed by atoms with Gasteiger partial charge in [0.1, 0.15) is 6.61 Å². The minimum atomic E-state index is -0.599. The van der Waals surface area contributed by atoms with Gasteiger partial charge in [-0.15, -0.1) is 0 Å². The standard InChI is InChI=1S/C57H96O5/c1-4-7-10-13-16-19-22-25-27-28-29-30-32-33-35-38-41-44-47-50-56(58)61-54-55(53-60-52-49-46-43-40-37-24-21-18-15-12-9-6-3)62-57(59)51-48-45-42-39-36-34-31-26-23-20-17-14-11-8-5-2/h8,11,15-20,25-27,31,36,39,45,48,55H,4-7,9-10,12-14,21-24,28-30,32-35,37-38,40-44,46-47,49-54H2,1-3H3/b11-8-,18-15-,19-16-,20-17-,27-25-,31-26-,39-36-,48-45-. The maximum absolute atomic E-state index is 12.7. The summed E-state index contributed by atoms with van der Waals surface area (Å²) in [5.41, 5.74) is 0. The van der Waals surface area contributed by atoms with Gasteiger partial charge in [0.2, 0.25) is 0 Å². The van der Waals surface area contributed by atoms with E-state index in [0.29, 0.717) is 13.0 Å². The Balaban J connectivity index is 4.36. The van der Waals surface area contributed by atoms with Crippen LogP contribution in [0.2, 0.25) is 0 Å². The van der Waals surface area contributed by atoms with Crippen LogP contribution in [0.15, 0.2) is 97.2 Å². The highest BCUT2D eigenvalue weighted by atomic mass is 16.6. The third-order valence-corrected chi connectivity index (χ3v) is 10.6. The molecule has 0 aromatic rings. The minimum absolute atomic E-state index is 0.0368. The Labute approximate surface area is 383 Å². The number of carbonyl (C=O) groups is 2. The predicted octanol–water partition coefficient (Wildman–Crippen LogP) is 17.5. The van der Waals surface area contributed by atoms with E-state index in [9.17, 15) is 9.59 Å². The van der Waals surface area contributed by atoms with Crippen molar-refractivity contribution in [1.29, 1.82) is 0 Å². The van der Waals surface area contributed by atoms with Crippen LogP contribution in [0.1, 0.15) is 226 Å². The summed E-state index contributed by atoms with van der Waals surface area (Å²) >= 11 is 0. The van der Waals surface area contributed by atoms with Gasteiger partial charge in [-0.05, 0) is 96.3 Å². The molecule has 0 saturated carbocycles. The van der Waals surface area contributed by atoms with Crippen LogP contribution in [0.4, 0.5) is 0 Å². The summed E-state index contributed by atoms with van der Waals surface area (Å²) in [4.78, 5) is 25.3. The summed E-state index contributed by atoms with van der Waals surface area (Å²) in [6, 6.07) is 0. The zero-order chi connectivity index (χ0) is 44.9. The summed E-state index contributed by atoms with van der Waals surface area (Å²) in [7, 11) is 0. The van der Waals surface area contributed by atoms with Crippen molar-refractivity contribution in [3.63, 3.8) is 0 Å². The smallest absolute Gasteiger partial charge is 0.310 e. The first-order chi connectivity index (χ1) is 30.6. The largest absolute Gasteiger partial charge is 0.462 e. The van der Waals surface area contributed by atoms with Gasteiger partial charge in [0.25, 0.3) is 0 Å². The average Bonchev–Trinajstić information content (AvgIpc) is 3.27. The fourth-order valence-electron chi connectivity index (χ4n) is 6.77. The molecule has 0 aromatic carbocycles. The van der Waals surface area contributed by atoms with Gasteiger partial charge >= 0.3 is 11.9 Å². The molecule has 0 aromatic heterocycles. The van der Waals surface area contributed by atoms with Crippen molar-refractivity contribution in [3.05, 3.63) is 97.2 Å². The molecule has 354 valence electrons. The van der Waals surface area contributed by atoms with E-state index in [-0.39, 0.29) is 31.6 Å². The highest BCUT2D eigenvalue weighted by Crippen LogP contribution is 2.13. The summed E-state index contributed by atoms with van der Waals surface area (Å²) < 4.78 is 17.3. The number of unbranched alkanes of at least 4 members (excludes halogenated alkanes) is 20. The topological polar surface area (TPSA) is 61.8 Å². The molecule has 0 radical (unpaired) electrons. The number of hydrogen-bond acceptors (Lipinski definition) is 5. The molecule has 0 spiro atoms. The second-order valence-electron chi connectivity index (χ2n) is 16.7. The lowest BCUT2D eigenvalue weighted by molar-refractivity contribution is -0.162. The van der Waals surface area contributed by atoms with Gasteiger partial charge in [-0.25, -0.2) is 0 Å². The second kappa shape index (κ2) is 52.2. The normalized spacial score (nSPS) is 13.0. The number of rotatable bonds is 46. The van der Waals surface area contributed by atoms with Gasteiger partial charge in [0, 0.05) is 13.0 Å². The third kappa shape index (κ3) is 49.5. The number of allylic oxidation sites excluding steroid dienone is 15. The van der Waals surface area contributed by atoms with Gasteiger partial charge in [-0.2, -0.15) is 0 Å². The molecule has 0 N–H and O–H groups in total. The predicted molar refractivity (Wildman–Crippen MR) is 270 cm³/mol. The molecule has 0 heterocycles. The maximum Gasteiger partial charge on any atom is 0.310 e. The lowest BCUT2D eigenvalue weighted by Crippen LogP contribution is -2.29. The van der Waals surface area contributed by atoms with Gasteiger partial charge in [0.05, 0.1) is 13.0 Å². The molecule has 1 unspecified atom stereocenters. The fraction of sp³-hybridized carbons (Fsp3) is 0.684. The van der Waals surface area contributed by atoms with Crippen LogP contribution in [0.25, 0.3) is 0 Å². The minimum Gasteiger partial charge on any atom is -0.462 e. The van der Waals surface area contributed by atoms with Crippen molar-refractivity contribution in [2.45, 2.75) is 232 Å². The molecule has 0 aliphatic heterocycles. The van der Waals surface area contributed by atoms with Crippen molar-refractivity contribution in [2.75, 3.05) is 19.8 Å². The van der Waals surface area contributed by atoms with E-state index in [4.69, 9.17) is 14.2 Å². The van der Waals surface area contributed by atoms with E-state index in [2.05, 4.69) is 106 Å². The first kappa shape index (κ1) is 58.8. The van der Waals surface area contributed by atoms with Crippen LogP contribution < -0.4 is 0 Å². The lowest BCUT2D eigenvalue weighted by atomic mass is 10.1. The fourth-order valence-corrected chi connectivity index (χ4v) is 6.77. The van der Waals surface area contributed by atoms with Crippen molar-refractivity contribution < 1.29 is 23.8 Å². The molecule has 0 fully saturated rings. The van der Waals surface area contributed by atoms with Gasteiger partial charge in [-0.3, -0.25) is 9.59 Å². The Morgan fingerprint density at radius 3 is 1.31 bits per heavy atom. The molecule has 0 amide bonds. The second-order valence-corrected chi connectivity index (χ2v) is 16.7. The summed E-state index contributed by atoms with van der Waals surface area (Å²) in [5, 5.41) is 0. The van der Waals surface area contributed by atoms with E-state index >= 15 is 0 Å². The zero-order valence-corrected chi connectivity index (χ0v) is 40.6. The van der Waals surface area contributed by atoms with Gasteiger partial charge in [0.15, 0.2) is 6.10 Å². The Hall–Kier alpha value is -3.18. The van der Waals surface area contributed by atoms with Crippen LogP contribution in [0.5, 0.6) is 0 Å². The molecule has 0 aliphatic rings. The molecule has 5 heteroatoms. The molecule has 62 heavy (non-hydrogen) atoms. The van der Waals surface area contributed by atoms with Crippen LogP contribution in [0, 0.1) is 0 Å². The first-order valence-corrected chi connectivity index (χ1v) is 25.8. The Kier molecular flexibility index (Phi) is 49.5. The molecule has 0 saturated heterocycles. The highest BCUT2D eigenvalue weighted by molar-refractivity contribution is 5.71. The van der Waals surface area contributed by atoms with Crippen LogP contribution in [-0.2, 0) is 23.8 Å². The molecule has 0 bridgehead atoms. The molecular formula is C57H96O5. The molecule has 0 rings (SSSR count). The summed E-state index contributed by atoms with van der Waals surface area (Å²) in [5.74, 6) is -0.554. The first-order valence-electron chi connectivity index (χ1n) is 25.8. The van der Waals surface area contributed by atoms with E-state index in [1.807, 2.05) is 12.2 Å². The van der Waals surface area contributed by atoms with E-state index in [1.54, 1.807) is 0 Å². The summed E-state index contributed by atoms with van der Waals surface area (Å²) in [6.07, 6.45) is 70.1. The van der Waals surface area contributed by atoms with Gasteiger partial charge < -0.3 is 14.2 Å². The van der Waals surface area contributed by atoms with Gasteiger partial charge in [-0.1, -0.05) is 214 Å². The van der Waals surface area contributed by atoms with Crippen molar-refractivity contribution in [1.82, 2.24) is 0 Å².